The number of nitrogens with one attached hydrogen (secondary N) is 2. The Kier molecular flexibility index (Phi) is 6.68. The van der Waals surface area contributed by atoms with Crippen LogP contribution in [0, 0.1) is 11.8 Å². The van der Waals surface area contributed by atoms with Crippen molar-refractivity contribution in [1.82, 2.24) is 25.3 Å². The van der Waals surface area contributed by atoms with Crippen molar-refractivity contribution in [3.8, 4) is 0 Å². The largest absolute Gasteiger partial charge is 0.344 e. The van der Waals surface area contributed by atoms with Crippen LogP contribution >= 0.6 is 0 Å². The van der Waals surface area contributed by atoms with E-state index in [2.05, 4.69) is 15.5 Å². The molecule has 2 aromatic rings. The van der Waals surface area contributed by atoms with Gasteiger partial charge in [-0.05, 0) is 49.8 Å². The van der Waals surface area contributed by atoms with E-state index in [0.29, 0.717) is 31.6 Å². The number of amides is 5. The normalized spacial score (nSPS) is 21.4. The van der Waals surface area contributed by atoms with Gasteiger partial charge in [0.2, 0.25) is 11.8 Å². The zero-order chi connectivity index (χ0) is 26.3. The molecule has 198 valence electrons. The van der Waals surface area contributed by atoms with E-state index in [1.54, 1.807) is 16.0 Å². The molecular formula is C27H36N6O4. The van der Waals surface area contributed by atoms with Gasteiger partial charge in [-0.1, -0.05) is 33.1 Å². The van der Waals surface area contributed by atoms with Crippen LogP contribution < -0.4 is 10.2 Å². The molecule has 3 heterocycles. The number of H-pyrrole nitrogens is 1. The van der Waals surface area contributed by atoms with Crippen molar-refractivity contribution >= 4 is 40.3 Å². The fourth-order valence-corrected chi connectivity index (χ4v) is 6.14. The van der Waals surface area contributed by atoms with Crippen LogP contribution in [-0.4, -0.2) is 75.5 Å². The molecule has 10 nitrogen and oxygen atoms in total. The van der Waals surface area contributed by atoms with Crippen LogP contribution in [0.25, 0.3) is 10.9 Å². The third-order valence-corrected chi connectivity index (χ3v) is 8.40. The predicted molar refractivity (Wildman–Crippen MR) is 139 cm³/mol. The van der Waals surface area contributed by atoms with E-state index in [-0.39, 0.29) is 35.6 Å². The topological polar surface area (TPSA) is 119 Å². The Morgan fingerprint density at radius 3 is 2.49 bits per heavy atom. The standard InChI is InChI=1S/C27H36N6O4/c1-17(2)22(29-23(34)18-7-5-4-6-8-18)24(35)32-13-11-27(12-14-32)25(36)31(3)26(37)33(27)20-9-10-21-19(15-20)16-28-30-21/h9-10,15-18,22H,4-8,11-14H2,1-3H3,(H,28,30)(H,29,34)/t22-/m1/s1. The molecule has 5 rings (SSSR count). The third kappa shape index (κ3) is 4.36. The van der Waals surface area contributed by atoms with Gasteiger partial charge in [0.1, 0.15) is 11.6 Å². The number of urea groups is 1. The van der Waals surface area contributed by atoms with Crippen LogP contribution in [0.3, 0.4) is 0 Å². The second-order valence-electron chi connectivity index (χ2n) is 11.0. The molecule has 3 aliphatic rings. The first-order valence-electron chi connectivity index (χ1n) is 13.4. The number of hydrogen-bond donors (Lipinski definition) is 2. The highest BCUT2D eigenvalue weighted by atomic mass is 16.2. The van der Waals surface area contributed by atoms with Gasteiger partial charge in [0.25, 0.3) is 5.91 Å². The summed E-state index contributed by atoms with van der Waals surface area (Å²) in [5.41, 5.74) is 0.439. The highest BCUT2D eigenvalue weighted by molar-refractivity contribution is 6.17. The zero-order valence-electron chi connectivity index (χ0n) is 21.8. The number of imide groups is 1. The molecule has 0 unspecified atom stereocenters. The summed E-state index contributed by atoms with van der Waals surface area (Å²) < 4.78 is 0. The van der Waals surface area contributed by atoms with Gasteiger partial charge in [-0.2, -0.15) is 5.10 Å². The van der Waals surface area contributed by atoms with E-state index < -0.39 is 11.6 Å². The van der Waals surface area contributed by atoms with Crippen molar-refractivity contribution in [2.45, 2.75) is 70.4 Å². The minimum Gasteiger partial charge on any atom is -0.344 e. The average Bonchev–Trinajstić information content (AvgIpc) is 3.45. The van der Waals surface area contributed by atoms with Crippen molar-refractivity contribution in [2.24, 2.45) is 11.8 Å². The molecule has 0 radical (unpaired) electrons. The summed E-state index contributed by atoms with van der Waals surface area (Å²) in [4.78, 5) is 57.6. The molecule has 37 heavy (non-hydrogen) atoms. The average molecular weight is 509 g/mol. The molecule has 1 aromatic heterocycles. The van der Waals surface area contributed by atoms with Crippen LogP contribution in [0.4, 0.5) is 10.5 Å². The SMILES string of the molecule is CC(C)[C@@H](NC(=O)C1CCCCC1)C(=O)N1CCC2(CC1)C(=O)N(C)C(=O)N2c1ccc2[nH]ncc2c1. The van der Waals surface area contributed by atoms with Gasteiger partial charge in [0.15, 0.2) is 0 Å². The summed E-state index contributed by atoms with van der Waals surface area (Å²) in [5, 5.41) is 10.8. The predicted octanol–water partition coefficient (Wildman–Crippen LogP) is 3.04. The number of nitrogens with zero attached hydrogens (tertiary/aromatic N) is 4. The number of aromatic amines is 1. The number of benzene rings is 1. The number of likely N-dealkylation sites (N-methyl/N-ethyl adjacent to an activating group) is 1. The van der Waals surface area contributed by atoms with Crippen molar-refractivity contribution in [2.75, 3.05) is 25.0 Å². The maximum absolute atomic E-state index is 13.6. The highest BCUT2D eigenvalue weighted by Crippen LogP contribution is 2.41. The number of fused-ring (bicyclic) bond motifs is 1. The first-order chi connectivity index (χ1) is 17.7. The van der Waals surface area contributed by atoms with Crippen LogP contribution in [0.5, 0.6) is 0 Å². The van der Waals surface area contributed by atoms with E-state index in [4.69, 9.17) is 0 Å². The lowest BCUT2D eigenvalue weighted by atomic mass is 9.84. The Labute approximate surface area is 216 Å². The number of anilines is 1. The van der Waals surface area contributed by atoms with Gasteiger partial charge < -0.3 is 10.2 Å². The number of rotatable bonds is 5. The Morgan fingerprint density at radius 1 is 1.11 bits per heavy atom. The van der Waals surface area contributed by atoms with Gasteiger partial charge in [-0.3, -0.25) is 29.3 Å². The number of carbonyl (C=O) groups is 4. The fourth-order valence-electron chi connectivity index (χ4n) is 6.14. The molecule has 5 amide bonds. The Bertz CT molecular complexity index is 1210. The van der Waals surface area contributed by atoms with E-state index in [1.165, 1.54) is 11.9 Å². The molecule has 2 aliphatic heterocycles. The molecular weight excluding hydrogens is 472 g/mol. The van der Waals surface area contributed by atoms with Gasteiger partial charge >= 0.3 is 6.03 Å². The van der Waals surface area contributed by atoms with E-state index >= 15 is 0 Å². The van der Waals surface area contributed by atoms with Gasteiger partial charge in [0, 0.05) is 37.1 Å². The third-order valence-electron chi connectivity index (χ3n) is 8.40. The number of piperidine rings is 1. The summed E-state index contributed by atoms with van der Waals surface area (Å²) >= 11 is 0. The lowest BCUT2D eigenvalue weighted by Crippen LogP contribution is -2.60. The number of likely N-dealkylation sites (tertiary alicyclic amines) is 1. The van der Waals surface area contributed by atoms with Crippen LogP contribution in [0.1, 0.15) is 58.8 Å². The van der Waals surface area contributed by atoms with Crippen molar-refractivity contribution in [3.63, 3.8) is 0 Å². The summed E-state index contributed by atoms with van der Waals surface area (Å²) in [6.45, 7) is 4.55. The summed E-state index contributed by atoms with van der Waals surface area (Å²) in [5.74, 6) is -0.478. The molecule has 1 aromatic carbocycles. The molecule has 0 bridgehead atoms. The van der Waals surface area contributed by atoms with Gasteiger partial charge in [0.05, 0.1) is 11.7 Å². The van der Waals surface area contributed by atoms with E-state index in [0.717, 1.165) is 43.0 Å². The zero-order valence-corrected chi connectivity index (χ0v) is 21.8. The summed E-state index contributed by atoms with van der Waals surface area (Å²) in [6, 6.07) is 4.55. The van der Waals surface area contributed by atoms with Gasteiger partial charge in [-0.25, -0.2) is 4.79 Å². The Hall–Kier alpha value is -3.43. The van der Waals surface area contributed by atoms with Crippen molar-refractivity contribution in [1.29, 1.82) is 0 Å². The van der Waals surface area contributed by atoms with E-state index in [9.17, 15) is 19.2 Å². The quantitative estimate of drug-likeness (QED) is 0.602. The number of aromatic nitrogens is 2. The fraction of sp³-hybridized carbons (Fsp3) is 0.593. The second kappa shape index (κ2) is 9.79. The Morgan fingerprint density at radius 2 is 1.81 bits per heavy atom. The molecule has 1 aliphatic carbocycles. The molecule has 3 fully saturated rings. The molecule has 1 atom stereocenters. The van der Waals surface area contributed by atoms with Crippen LogP contribution in [0.2, 0.25) is 0 Å². The van der Waals surface area contributed by atoms with Crippen molar-refractivity contribution in [3.05, 3.63) is 24.4 Å². The Balaban J connectivity index is 1.33. The van der Waals surface area contributed by atoms with Crippen molar-refractivity contribution < 1.29 is 19.2 Å². The molecule has 2 saturated heterocycles. The number of carbonyl (C=O) groups excluding carboxylic acids is 4. The van der Waals surface area contributed by atoms with Crippen LogP contribution in [-0.2, 0) is 14.4 Å². The minimum atomic E-state index is -1.04. The lowest BCUT2D eigenvalue weighted by molar-refractivity contribution is -0.142. The molecule has 2 N–H and O–H groups in total. The number of hydrogen-bond acceptors (Lipinski definition) is 5. The summed E-state index contributed by atoms with van der Waals surface area (Å²) in [6.07, 6.45) is 7.37. The maximum atomic E-state index is 13.6. The van der Waals surface area contributed by atoms with Gasteiger partial charge in [-0.15, -0.1) is 0 Å². The summed E-state index contributed by atoms with van der Waals surface area (Å²) in [7, 11) is 1.51. The maximum Gasteiger partial charge on any atom is 0.331 e. The monoisotopic (exact) mass is 508 g/mol. The smallest absolute Gasteiger partial charge is 0.331 e. The second-order valence-corrected chi connectivity index (χ2v) is 11.0. The molecule has 1 saturated carbocycles. The minimum absolute atomic E-state index is 0.0220. The molecule has 1 spiro atoms. The van der Waals surface area contributed by atoms with Crippen LogP contribution in [0.15, 0.2) is 24.4 Å². The lowest BCUT2D eigenvalue weighted by Gasteiger charge is -2.43. The highest BCUT2D eigenvalue weighted by Gasteiger charge is 2.58. The first-order valence-corrected chi connectivity index (χ1v) is 13.4. The van der Waals surface area contributed by atoms with E-state index in [1.807, 2.05) is 32.0 Å². The molecule has 10 heteroatoms. The first kappa shape index (κ1) is 25.2.